The normalized spacial score (nSPS) is 23.1. The van der Waals surface area contributed by atoms with Gasteiger partial charge < -0.3 is 15.0 Å². The molecule has 0 spiro atoms. The van der Waals surface area contributed by atoms with Gasteiger partial charge in [0.05, 0.1) is 18.4 Å². The van der Waals surface area contributed by atoms with Crippen LogP contribution in [0.3, 0.4) is 0 Å². The molecule has 4 rings (SSSR count). The molecule has 1 saturated carbocycles. The molecule has 2 aromatic rings. The number of H-pyrrole nitrogens is 1. The van der Waals surface area contributed by atoms with Crippen LogP contribution in [0.2, 0.25) is 10.0 Å². The first kappa shape index (κ1) is 20.0. The van der Waals surface area contributed by atoms with Crippen molar-refractivity contribution in [3.63, 3.8) is 0 Å². The van der Waals surface area contributed by atoms with E-state index in [1.807, 2.05) is 0 Å². The van der Waals surface area contributed by atoms with Gasteiger partial charge in [0.25, 0.3) is 0 Å². The third-order valence-corrected chi connectivity index (χ3v) is 6.02. The summed E-state index contributed by atoms with van der Waals surface area (Å²) in [5.74, 6) is 0.675. The number of benzene rings is 1. The van der Waals surface area contributed by atoms with E-state index < -0.39 is 0 Å². The quantitative estimate of drug-likeness (QED) is 0.748. The molecular weight excluding hydrogens is 417 g/mol. The second-order valence-corrected chi connectivity index (χ2v) is 8.50. The maximum Gasteiger partial charge on any atom is 0.410 e. The maximum absolute atomic E-state index is 12.4. The predicted octanol–water partition coefficient (Wildman–Crippen LogP) is 3.02. The number of aromatic amines is 1. The van der Waals surface area contributed by atoms with Crippen molar-refractivity contribution in [2.24, 2.45) is 17.8 Å². The number of likely N-dealkylation sites (tertiary alicyclic amines) is 1. The zero-order valence-corrected chi connectivity index (χ0v) is 17.1. The van der Waals surface area contributed by atoms with E-state index in [9.17, 15) is 9.59 Å². The Labute approximate surface area is 177 Å². The van der Waals surface area contributed by atoms with Crippen molar-refractivity contribution in [3.05, 3.63) is 45.7 Å². The zero-order chi connectivity index (χ0) is 20.4. The first-order valence-electron chi connectivity index (χ1n) is 9.47. The van der Waals surface area contributed by atoms with E-state index >= 15 is 0 Å². The van der Waals surface area contributed by atoms with E-state index in [0.717, 1.165) is 24.1 Å². The topological polar surface area (TPSA) is 100 Å². The highest BCUT2D eigenvalue weighted by Gasteiger charge is 2.44. The average molecular weight is 438 g/mol. The summed E-state index contributed by atoms with van der Waals surface area (Å²) in [7, 11) is 0. The second-order valence-electron chi connectivity index (χ2n) is 7.63. The summed E-state index contributed by atoms with van der Waals surface area (Å²) in [6.07, 6.45) is 2.81. The van der Waals surface area contributed by atoms with Crippen LogP contribution < -0.4 is 5.32 Å². The molecule has 1 aromatic heterocycles. The number of nitrogens with zero attached hydrogens (tertiary/aromatic N) is 3. The number of nitrogens with one attached hydrogen (secondary N) is 2. The standard InChI is InChI=1S/C19H21Cl2N5O3/c20-15-1-11(2-16(21)5-15)10-29-19(28)26-8-13-3-12(4-14(13)9-26)18(27)22-6-17-7-23-25-24-17/h1-2,5,7,12-14H,3-4,6,8-10H2,(H,22,27)(H,23,24,25)/t12-,13-,14+. The number of carbonyl (C=O) groups is 2. The van der Waals surface area contributed by atoms with Crippen LogP contribution in [0.1, 0.15) is 24.1 Å². The van der Waals surface area contributed by atoms with Crippen LogP contribution in [0.4, 0.5) is 4.79 Å². The van der Waals surface area contributed by atoms with Crippen molar-refractivity contribution in [2.45, 2.75) is 26.0 Å². The molecule has 0 radical (unpaired) electrons. The second kappa shape index (κ2) is 8.59. The Bertz CT molecular complexity index is 858. The van der Waals surface area contributed by atoms with Crippen molar-refractivity contribution in [1.82, 2.24) is 25.6 Å². The summed E-state index contributed by atoms with van der Waals surface area (Å²) < 4.78 is 5.42. The molecule has 3 atom stereocenters. The molecule has 2 N–H and O–H groups in total. The molecule has 2 heterocycles. The van der Waals surface area contributed by atoms with Crippen LogP contribution in [-0.4, -0.2) is 45.4 Å². The summed E-state index contributed by atoms with van der Waals surface area (Å²) in [4.78, 5) is 26.5. The Morgan fingerprint density at radius 3 is 2.48 bits per heavy atom. The lowest BCUT2D eigenvalue weighted by molar-refractivity contribution is -0.125. The van der Waals surface area contributed by atoms with E-state index in [0.29, 0.717) is 41.5 Å². The number of hydrogen-bond acceptors (Lipinski definition) is 5. The molecule has 1 aliphatic carbocycles. The van der Waals surface area contributed by atoms with Crippen LogP contribution in [0.15, 0.2) is 24.4 Å². The molecule has 1 aliphatic heterocycles. The van der Waals surface area contributed by atoms with E-state index in [-0.39, 0.29) is 24.5 Å². The lowest BCUT2D eigenvalue weighted by Crippen LogP contribution is -2.33. The molecule has 29 heavy (non-hydrogen) atoms. The number of carbonyl (C=O) groups excluding carboxylic acids is 2. The summed E-state index contributed by atoms with van der Waals surface area (Å²) >= 11 is 11.9. The molecule has 2 fully saturated rings. The Hall–Kier alpha value is -2.32. The maximum atomic E-state index is 12.4. The predicted molar refractivity (Wildman–Crippen MR) is 106 cm³/mol. The van der Waals surface area contributed by atoms with Gasteiger partial charge in [-0.15, -0.1) is 5.10 Å². The molecule has 0 bridgehead atoms. The molecule has 2 aliphatic rings. The number of rotatable bonds is 5. The van der Waals surface area contributed by atoms with Crippen LogP contribution in [0, 0.1) is 17.8 Å². The Kier molecular flexibility index (Phi) is 5.91. The monoisotopic (exact) mass is 437 g/mol. The van der Waals surface area contributed by atoms with Crippen LogP contribution in [0.25, 0.3) is 0 Å². The number of fused-ring (bicyclic) bond motifs is 1. The fourth-order valence-corrected chi connectivity index (χ4v) is 4.80. The number of halogens is 2. The minimum atomic E-state index is -0.344. The van der Waals surface area contributed by atoms with E-state index in [4.69, 9.17) is 27.9 Å². The van der Waals surface area contributed by atoms with Gasteiger partial charge in [-0.3, -0.25) is 9.89 Å². The lowest BCUT2D eigenvalue weighted by Gasteiger charge is -2.19. The van der Waals surface area contributed by atoms with Crippen LogP contribution in [-0.2, 0) is 22.7 Å². The Morgan fingerprint density at radius 1 is 1.17 bits per heavy atom. The van der Waals surface area contributed by atoms with E-state index in [1.54, 1.807) is 29.3 Å². The van der Waals surface area contributed by atoms with Crippen molar-refractivity contribution in [3.8, 4) is 0 Å². The summed E-state index contributed by atoms with van der Waals surface area (Å²) in [5.41, 5.74) is 1.52. The van der Waals surface area contributed by atoms with Gasteiger partial charge in [-0.1, -0.05) is 28.4 Å². The number of aromatic nitrogens is 3. The van der Waals surface area contributed by atoms with Crippen LogP contribution in [0.5, 0.6) is 0 Å². The van der Waals surface area contributed by atoms with Gasteiger partial charge in [-0.05, 0) is 48.4 Å². The van der Waals surface area contributed by atoms with Gasteiger partial charge in [0, 0.05) is 29.1 Å². The zero-order valence-electron chi connectivity index (χ0n) is 15.6. The van der Waals surface area contributed by atoms with E-state index in [1.165, 1.54) is 0 Å². The van der Waals surface area contributed by atoms with Gasteiger partial charge in [0.1, 0.15) is 6.61 Å². The largest absolute Gasteiger partial charge is 0.445 e. The van der Waals surface area contributed by atoms with Gasteiger partial charge in [0.15, 0.2) is 0 Å². The van der Waals surface area contributed by atoms with Crippen LogP contribution >= 0.6 is 23.2 Å². The fraction of sp³-hybridized carbons (Fsp3) is 0.474. The van der Waals surface area contributed by atoms with Gasteiger partial charge in [-0.25, -0.2) is 4.79 Å². The number of hydrogen-bond donors (Lipinski definition) is 2. The summed E-state index contributed by atoms with van der Waals surface area (Å²) in [6, 6.07) is 5.08. The molecule has 1 saturated heterocycles. The van der Waals surface area contributed by atoms with Gasteiger partial charge in [-0.2, -0.15) is 0 Å². The number of amides is 2. The Morgan fingerprint density at radius 2 is 1.86 bits per heavy atom. The highest BCUT2D eigenvalue weighted by Crippen LogP contribution is 2.41. The average Bonchev–Trinajstić information content (AvgIpc) is 3.39. The van der Waals surface area contributed by atoms with Crippen molar-refractivity contribution in [2.75, 3.05) is 13.1 Å². The minimum absolute atomic E-state index is 0.0207. The van der Waals surface area contributed by atoms with Gasteiger partial charge >= 0.3 is 6.09 Å². The molecule has 0 unspecified atom stereocenters. The third kappa shape index (κ3) is 4.82. The molecule has 2 amide bonds. The smallest absolute Gasteiger partial charge is 0.410 e. The molecule has 8 nitrogen and oxygen atoms in total. The highest BCUT2D eigenvalue weighted by atomic mass is 35.5. The third-order valence-electron chi connectivity index (χ3n) is 5.58. The highest BCUT2D eigenvalue weighted by molar-refractivity contribution is 6.34. The van der Waals surface area contributed by atoms with E-state index in [2.05, 4.69) is 20.7 Å². The van der Waals surface area contributed by atoms with Gasteiger partial charge in [0.2, 0.25) is 5.91 Å². The molecule has 1 aromatic carbocycles. The Balaban J connectivity index is 1.23. The minimum Gasteiger partial charge on any atom is -0.445 e. The lowest BCUT2D eigenvalue weighted by atomic mass is 10.0. The SMILES string of the molecule is O=C(NCc1cnn[nH]1)[C@@H]1C[C@@H]2CN(C(=O)OCc3cc(Cl)cc(Cl)c3)C[C@@H]2C1. The molecular formula is C19H21Cl2N5O3. The van der Waals surface area contributed by atoms with Crippen molar-refractivity contribution < 1.29 is 14.3 Å². The first-order chi connectivity index (χ1) is 14.0. The van der Waals surface area contributed by atoms with Crippen molar-refractivity contribution >= 4 is 35.2 Å². The van der Waals surface area contributed by atoms with Crippen molar-refractivity contribution in [1.29, 1.82) is 0 Å². The summed E-state index contributed by atoms with van der Waals surface area (Å²) in [5, 5.41) is 14.0. The summed E-state index contributed by atoms with van der Waals surface area (Å²) in [6.45, 7) is 1.75. The fourth-order valence-electron chi connectivity index (χ4n) is 4.23. The first-order valence-corrected chi connectivity index (χ1v) is 10.2. The molecule has 10 heteroatoms. The number of ether oxygens (including phenoxy) is 1. The molecule has 154 valence electrons.